The number of hydrogen-bond acceptors (Lipinski definition) is 6. The number of hydrogen-bond donors (Lipinski definition) is 0. The molecule has 2 aromatic rings. The van der Waals surface area contributed by atoms with Crippen LogP contribution in [0.1, 0.15) is 0 Å². The van der Waals surface area contributed by atoms with Gasteiger partial charge in [-0.3, -0.25) is 9.36 Å². The summed E-state index contributed by atoms with van der Waals surface area (Å²) >= 11 is 0. The quantitative estimate of drug-likeness (QED) is 0.498. The van der Waals surface area contributed by atoms with Gasteiger partial charge in [0, 0.05) is 7.05 Å². The summed E-state index contributed by atoms with van der Waals surface area (Å²) in [6, 6.07) is 1.69. The smallest absolute Gasteiger partial charge is 0.390 e. The average molecular weight is 264 g/mol. The molecule has 0 aliphatic rings. The molecule has 0 N–H and O–H groups in total. The topological polar surface area (TPSA) is 129 Å². The lowest BCUT2D eigenvalue weighted by molar-refractivity contribution is -0.396. The third kappa shape index (κ3) is 1.60. The number of rotatable bonds is 2. The van der Waals surface area contributed by atoms with Gasteiger partial charge in [0.25, 0.3) is 11.2 Å². The van der Waals surface area contributed by atoms with Crippen molar-refractivity contribution in [2.45, 2.75) is 6.54 Å². The molecule has 0 saturated heterocycles. The normalized spacial score (nSPS) is 10.6. The van der Waals surface area contributed by atoms with Gasteiger partial charge in [-0.15, -0.1) is 0 Å². The maximum absolute atomic E-state index is 12.1. The third-order valence-electron chi connectivity index (χ3n) is 2.73. The number of fused-ring (bicyclic) bond motifs is 1. The van der Waals surface area contributed by atoms with E-state index in [4.69, 9.17) is 5.26 Å². The zero-order valence-electron chi connectivity index (χ0n) is 10.0. The summed E-state index contributed by atoms with van der Waals surface area (Å²) in [7, 11) is 2.63. The first kappa shape index (κ1) is 12.5. The maximum Gasteiger partial charge on any atom is 0.437 e. The predicted octanol–water partition coefficient (Wildman–Crippen LogP) is -1.13. The highest BCUT2D eigenvalue weighted by Gasteiger charge is 2.26. The fourth-order valence-electron chi connectivity index (χ4n) is 1.81. The van der Waals surface area contributed by atoms with E-state index in [1.807, 2.05) is 0 Å². The minimum Gasteiger partial charge on any atom is -0.390 e. The van der Waals surface area contributed by atoms with Gasteiger partial charge in [-0.25, -0.2) is 13.9 Å². The zero-order valence-corrected chi connectivity index (χ0v) is 10.0. The van der Waals surface area contributed by atoms with Crippen molar-refractivity contribution in [1.82, 2.24) is 18.7 Å². The zero-order chi connectivity index (χ0) is 14.3. The lowest BCUT2D eigenvalue weighted by Gasteiger charge is -2.01. The standard InChI is InChI=1S/C9H8N6O4/c1-12-5-6(11-8(12)15(18)19)13(2)9(17)14(4-3-10)7(5)16/h4H2,1-2H3. The molecule has 10 heteroatoms. The molecular weight excluding hydrogens is 256 g/mol. The summed E-state index contributed by atoms with van der Waals surface area (Å²) in [4.78, 5) is 37.6. The molecule has 0 saturated carbocycles. The van der Waals surface area contributed by atoms with E-state index in [2.05, 4.69) is 4.98 Å². The first-order valence-corrected chi connectivity index (χ1v) is 5.07. The molecule has 2 aromatic heterocycles. The van der Waals surface area contributed by atoms with Gasteiger partial charge in [0.1, 0.15) is 6.54 Å². The number of imidazole rings is 1. The van der Waals surface area contributed by atoms with Gasteiger partial charge in [0.15, 0.2) is 0 Å². The molecule has 0 spiro atoms. The van der Waals surface area contributed by atoms with Crippen LogP contribution in [0.5, 0.6) is 0 Å². The van der Waals surface area contributed by atoms with Crippen molar-refractivity contribution in [1.29, 1.82) is 5.26 Å². The first-order chi connectivity index (χ1) is 8.90. The van der Waals surface area contributed by atoms with Gasteiger partial charge in [0.05, 0.1) is 13.1 Å². The van der Waals surface area contributed by atoms with Crippen molar-refractivity contribution in [2.24, 2.45) is 14.1 Å². The van der Waals surface area contributed by atoms with Crippen molar-refractivity contribution in [2.75, 3.05) is 0 Å². The van der Waals surface area contributed by atoms with Crippen LogP contribution in [0.15, 0.2) is 9.59 Å². The Balaban J connectivity index is 3.05. The van der Waals surface area contributed by atoms with Gasteiger partial charge in [-0.05, 0) is 9.91 Å². The second kappa shape index (κ2) is 4.05. The predicted molar refractivity (Wildman–Crippen MR) is 62.5 cm³/mol. The second-order valence-corrected chi connectivity index (χ2v) is 3.79. The molecule has 0 unspecified atom stereocenters. The van der Waals surface area contributed by atoms with Gasteiger partial charge < -0.3 is 10.1 Å². The van der Waals surface area contributed by atoms with E-state index in [0.29, 0.717) is 4.57 Å². The number of nitriles is 1. The van der Waals surface area contributed by atoms with Crippen LogP contribution >= 0.6 is 0 Å². The molecule has 19 heavy (non-hydrogen) atoms. The molecule has 0 bridgehead atoms. The molecule has 0 fully saturated rings. The van der Waals surface area contributed by atoms with Crippen molar-refractivity contribution in [3.63, 3.8) is 0 Å². The van der Waals surface area contributed by atoms with Crippen LogP contribution < -0.4 is 11.2 Å². The largest absolute Gasteiger partial charge is 0.437 e. The van der Waals surface area contributed by atoms with Crippen LogP contribution in [0.3, 0.4) is 0 Å². The molecule has 0 radical (unpaired) electrons. The number of aryl methyl sites for hydroxylation is 2. The van der Waals surface area contributed by atoms with Crippen LogP contribution in [0.4, 0.5) is 5.95 Å². The highest BCUT2D eigenvalue weighted by atomic mass is 16.6. The van der Waals surface area contributed by atoms with E-state index in [1.165, 1.54) is 14.1 Å². The molecule has 0 amide bonds. The third-order valence-corrected chi connectivity index (χ3v) is 2.73. The summed E-state index contributed by atoms with van der Waals surface area (Å²) in [5.41, 5.74) is -1.70. The number of aromatic nitrogens is 4. The summed E-state index contributed by atoms with van der Waals surface area (Å²) in [5.74, 6) is -0.545. The second-order valence-electron chi connectivity index (χ2n) is 3.79. The fraction of sp³-hybridized carbons (Fsp3) is 0.333. The molecule has 10 nitrogen and oxygen atoms in total. The van der Waals surface area contributed by atoms with E-state index < -0.39 is 28.7 Å². The van der Waals surface area contributed by atoms with Gasteiger partial charge in [0.2, 0.25) is 5.52 Å². The monoisotopic (exact) mass is 264 g/mol. The van der Waals surface area contributed by atoms with E-state index in [9.17, 15) is 19.7 Å². The highest BCUT2D eigenvalue weighted by Crippen LogP contribution is 2.14. The Kier molecular flexibility index (Phi) is 2.67. The Morgan fingerprint density at radius 3 is 2.53 bits per heavy atom. The Hall–Kier alpha value is -2.96. The average Bonchev–Trinajstić information content (AvgIpc) is 2.70. The van der Waals surface area contributed by atoms with Gasteiger partial charge in [-0.1, -0.05) is 0 Å². The Morgan fingerprint density at radius 2 is 2.00 bits per heavy atom. The van der Waals surface area contributed by atoms with Crippen molar-refractivity contribution < 1.29 is 4.92 Å². The molecule has 0 aromatic carbocycles. The lowest BCUT2D eigenvalue weighted by atomic mass is 10.5. The SMILES string of the molecule is Cn1c([N+](=O)[O-])nc2c1c(=O)n(CC#N)c(=O)n2C. The Labute approximate surface area is 104 Å². The van der Waals surface area contributed by atoms with Crippen molar-refractivity contribution in [3.8, 4) is 6.07 Å². The van der Waals surface area contributed by atoms with E-state index >= 15 is 0 Å². The van der Waals surface area contributed by atoms with Gasteiger partial charge >= 0.3 is 11.6 Å². The highest BCUT2D eigenvalue weighted by molar-refractivity contribution is 5.72. The van der Waals surface area contributed by atoms with Crippen LogP contribution in [0.25, 0.3) is 11.2 Å². The summed E-state index contributed by atoms with van der Waals surface area (Å²) in [6.45, 7) is -0.430. The van der Waals surface area contributed by atoms with Crippen LogP contribution in [-0.4, -0.2) is 23.6 Å². The number of nitro groups is 1. The molecule has 98 valence electrons. The molecule has 2 rings (SSSR count). The van der Waals surface area contributed by atoms with Crippen molar-refractivity contribution >= 4 is 17.1 Å². The lowest BCUT2D eigenvalue weighted by Crippen LogP contribution is -2.39. The molecule has 2 heterocycles. The molecular formula is C9H8N6O4. The molecule has 0 aliphatic heterocycles. The Morgan fingerprint density at radius 1 is 1.37 bits per heavy atom. The Bertz CT molecular complexity index is 849. The van der Waals surface area contributed by atoms with Crippen molar-refractivity contribution in [3.05, 3.63) is 31.0 Å². The van der Waals surface area contributed by atoms with Gasteiger partial charge in [-0.2, -0.15) is 5.26 Å². The van der Waals surface area contributed by atoms with E-state index in [-0.39, 0.29) is 11.2 Å². The maximum atomic E-state index is 12.1. The minimum absolute atomic E-state index is 0.0848. The van der Waals surface area contributed by atoms with E-state index in [0.717, 1.165) is 9.13 Å². The van der Waals surface area contributed by atoms with E-state index in [1.54, 1.807) is 6.07 Å². The first-order valence-electron chi connectivity index (χ1n) is 5.07. The summed E-state index contributed by atoms with van der Waals surface area (Å²) < 4.78 is 2.69. The fourth-order valence-corrected chi connectivity index (χ4v) is 1.81. The number of nitrogens with zero attached hydrogens (tertiary/aromatic N) is 6. The summed E-state index contributed by atoms with van der Waals surface area (Å²) in [5, 5.41) is 19.4. The van der Waals surface area contributed by atoms with Crippen LogP contribution in [0.2, 0.25) is 0 Å². The van der Waals surface area contributed by atoms with Crippen LogP contribution in [0, 0.1) is 21.4 Å². The molecule has 0 atom stereocenters. The summed E-state index contributed by atoms with van der Waals surface area (Å²) in [6.07, 6.45) is 0. The van der Waals surface area contributed by atoms with Crippen LogP contribution in [-0.2, 0) is 20.6 Å². The molecule has 0 aliphatic carbocycles. The minimum atomic E-state index is -0.775.